The van der Waals surface area contributed by atoms with Crippen LogP contribution in [0.1, 0.15) is 31.2 Å². The van der Waals surface area contributed by atoms with Gasteiger partial charge in [0.15, 0.2) is 11.5 Å². The minimum atomic E-state index is -0.0622. The van der Waals surface area contributed by atoms with Crippen molar-refractivity contribution < 1.29 is 4.79 Å². The molecule has 5 aromatic rings. The molecule has 3 aromatic heterocycles. The van der Waals surface area contributed by atoms with Crippen LogP contribution in [0.15, 0.2) is 97.7 Å². The summed E-state index contributed by atoms with van der Waals surface area (Å²) in [6, 6.07) is 27.0. The molecule has 216 valence electrons. The van der Waals surface area contributed by atoms with Crippen molar-refractivity contribution in [2.24, 2.45) is 5.41 Å². The molecule has 3 N–H and O–H groups in total. The molecule has 1 amide bonds. The number of nitrogens with two attached hydrogens (primary N) is 1. The largest absolute Gasteiger partial charge is 0.383 e. The van der Waals surface area contributed by atoms with Crippen LogP contribution in [0.4, 0.5) is 5.82 Å². The number of anilines is 1. The third kappa shape index (κ3) is 5.30. The van der Waals surface area contributed by atoms with E-state index in [4.69, 9.17) is 15.7 Å². The number of hydrogen-bond acceptors (Lipinski definition) is 6. The van der Waals surface area contributed by atoms with Crippen LogP contribution in [0, 0.1) is 5.41 Å². The summed E-state index contributed by atoms with van der Waals surface area (Å²) < 4.78 is 2.09. The van der Waals surface area contributed by atoms with Crippen LogP contribution in [0.2, 0.25) is 0 Å². The third-order valence-corrected chi connectivity index (χ3v) is 9.06. The Hall–Kier alpha value is -4.82. The quantitative estimate of drug-likeness (QED) is 0.241. The van der Waals surface area contributed by atoms with Gasteiger partial charge in [0.2, 0.25) is 5.91 Å². The summed E-state index contributed by atoms with van der Waals surface area (Å²) in [5.74, 6) is 1.09. The van der Waals surface area contributed by atoms with E-state index in [1.54, 1.807) is 6.20 Å². The van der Waals surface area contributed by atoms with Gasteiger partial charge >= 0.3 is 0 Å². The highest BCUT2D eigenvalue weighted by Crippen LogP contribution is 2.49. The van der Waals surface area contributed by atoms with Gasteiger partial charge in [-0.2, -0.15) is 0 Å². The van der Waals surface area contributed by atoms with E-state index in [1.165, 1.54) is 24.5 Å². The second-order valence-electron chi connectivity index (χ2n) is 11.9. The van der Waals surface area contributed by atoms with Gasteiger partial charge in [0.1, 0.15) is 11.3 Å². The maximum Gasteiger partial charge on any atom is 0.243 e. The number of piperidine rings is 1. The van der Waals surface area contributed by atoms with Gasteiger partial charge in [-0.15, -0.1) is 0 Å². The molecule has 2 aromatic carbocycles. The number of rotatable bonds is 7. The predicted octanol–water partition coefficient (Wildman–Crippen LogP) is 5.78. The van der Waals surface area contributed by atoms with Crippen molar-refractivity contribution in [2.75, 3.05) is 18.8 Å². The van der Waals surface area contributed by atoms with E-state index in [1.807, 2.05) is 42.5 Å². The van der Waals surface area contributed by atoms with E-state index in [-0.39, 0.29) is 5.91 Å². The SMILES string of the molecule is C=CC(=O)NC1CC2(CCN(Cc3ccc(-n4c(-c5cccnc5N)nc5ccc(-c6ccccc6)nc54)cc3)CC2)C1. The Bertz CT molecular complexity index is 1780. The topological polar surface area (TPSA) is 102 Å². The fourth-order valence-electron chi connectivity index (χ4n) is 6.71. The lowest BCUT2D eigenvalue weighted by Gasteiger charge is -2.52. The van der Waals surface area contributed by atoms with E-state index >= 15 is 0 Å². The summed E-state index contributed by atoms with van der Waals surface area (Å²) in [5, 5.41) is 3.05. The minimum absolute atomic E-state index is 0.0622. The summed E-state index contributed by atoms with van der Waals surface area (Å²) in [5.41, 5.74) is 13.2. The van der Waals surface area contributed by atoms with Gasteiger partial charge in [-0.3, -0.25) is 14.3 Å². The predicted molar refractivity (Wildman–Crippen MR) is 170 cm³/mol. The standard InChI is InChI=1S/C35H35N7O/c1-2-31(43)38-26-21-35(22-26)16-19-41(20-17-35)23-24-10-12-27(13-11-24)42-33(28-9-6-18-37-32(28)36)40-30-15-14-29(39-34(30)42)25-7-4-3-5-8-25/h2-15,18,26H,1,16-17,19-23H2,(H2,36,37)(H,38,43). The second-order valence-corrected chi connectivity index (χ2v) is 11.9. The number of likely N-dealkylation sites (tertiary alicyclic amines) is 1. The molecule has 1 aliphatic carbocycles. The number of hydrogen-bond donors (Lipinski definition) is 2. The van der Waals surface area contributed by atoms with Crippen molar-refractivity contribution in [3.05, 3.63) is 103 Å². The molecule has 1 saturated carbocycles. The first-order valence-corrected chi connectivity index (χ1v) is 14.9. The molecule has 43 heavy (non-hydrogen) atoms. The molecule has 0 bridgehead atoms. The zero-order chi connectivity index (χ0) is 29.4. The molecule has 0 unspecified atom stereocenters. The zero-order valence-electron chi connectivity index (χ0n) is 24.1. The first-order valence-electron chi connectivity index (χ1n) is 14.9. The van der Waals surface area contributed by atoms with Crippen LogP contribution in [-0.4, -0.2) is 49.5 Å². The van der Waals surface area contributed by atoms with E-state index < -0.39 is 0 Å². The summed E-state index contributed by atoms with van der Waals surface area (Å²) in [6.45, 7) is 6.63. The van der Waals surface area contributed by atoms with Crippen molar-refractivity contribution in [2.45, 2.75) is 38.3 Å². The number of aromatic nitrogens is 4. The van der Waals surface area contributed by atoms with Crippen LogP contribution in [0.5, 0.6) is 0 Å². The fraction of sp³-hybridized carbons (Fsp3) is 0.257. The molecule has 0 atom stereocenters. The summed E-state index contributed by atoms with van der Waals surface area (Å²) in [6.07, 6.45) is 7.58. The monoisotopic (exact) mass is 569 g/mol. The highest BCUT2D eigenvalue weighted by molar-refractivity contribution is 5.87. The van der Waals surface area contributed by atoms with E-state index in [2.05, 4.69) is 62.7 Å². The lowest BCUT2D eigenvalue weighted by atomic mass is 9.60. The fourth-order valence-corrected chi connectivity index (χ4v) is 6.71. The number of pyridine rings is 2. The number of amides is 1. The van der Waals surface area contributed by atoms with Crippen molar-refractivity contribution in [1.82, 2.24) is 29.7 Å². The van der Waals surface area contributed by atoms with Crippen molar-refractivity contribution in [1.29, 1.82) is 0 Å². The van der Waals surface area contributed by atoms with Gasteiger partial charge in [0.25, 0.3) is 0 Å². The molecule has 1 saturated heterocycles. The van der Waals surface area contributed by atoms with Gasteiger partial charge in [-0.1, -0.05) is 49.0 Å². The average molecular weight is 570 g/mol. The number of nitrogens with one attached hydrogen (secondary N) is 1. The van der Waals surface area contributed by atoms with Gasteiger partial charge in [0.05, 0.1) is 11.3 Å². The number of carbonyl (C=O) groups is 1. The van der Waals surface area contributed by atoms with Crippen LogP contribution in [0.25, 0.3) is 39.5 Å². The Morgan fingerprint density at radius 3 is 2.47 bits per heavy atom. The Balaban J connectivity index is 1.13. The lowest BCUT2D eigenvalue weighted by Crippen LogP contribution is -2.54. The molecule has 2 fully saturated rings. The third-order valence-electron chi connectivity index (χ3n) is 9.06. The van der Waals surface area contributed by atoms with Crippen molar-refractivity contribution >= 4 is 22.9 Å². The number of benzene rings is 2. The molecule has 1 aliphatic heterocycles. The van der Waals surface area contributed by atoms with Crippen LogP contribution in [-0.2, 0) is 11.3 Å². The van der Waals surface area contributed by atoms with E-state index in [0.717, 1.165) is 72.0 Å². The Morgan fingerprint density at radius 2 is 1.74 bits per heavy atom. The maximum absolute atomic E-state index is 11.6. The van der Waals surface area contributed by atoms with Gasteiger partial charge in [0, 0.05) is 30.0 Å². The molecule has 0 radical (unpaired) electrons. The maximum atomic E-state index is 11.6. The summed E-state index contributed by atoms with van der Waals surface area (Å²) in [4.78, 5) is 28.5. The van der Waals surface area contributed by atoms with E-state index in [0.29, 0.717) is 17.3 Å². The van der Waals surface area contributed by atoms with E-state index in [9.17, 15) is 4.79 Å². The lowest BCUT2D eigenvalue weighted by molar-refractivity contribution is -0.119. The number of fused-ring (bicyclic) bond motifs is 1. The molecule has 2 aliphatic rings. The Morgan fingerprint density at radius 1 is 0.977 bits per heavy atom. The molecule has 1 spiro atoms. The van der Waals surface area contributed by atoms with Gasteiger partial charge in [-0.05, 0) is 92.2 Å². The molecular weight excluding hydrogens is 534 g/mol. The minimum Gasteiger partial charge on any atom is -0.383 e. The average Bonchev–Trinajstić information content (AvgIpc) is 3.41. The molecule has 4 heterocycles. The van der Waals surface area contributed by atoms with Crippen molar-refractivity contribution in [3.63, 3.8) is 0 Å². The highest BCUT2D eigenvalue weighted by atomic mass is 16.1. The molecule has 8 heteroatoms. The smallest absolute Gasteiger partial charge is 0.243 e. The molecule has 8 nitrogen and oxygen atoms in total. The van der Waals surface area contributed by atoms with Crippen LogP contribution in [0.3, 0.4) is 0 Å². The second kappa shape index (κ2) is 11.1. The molecule has 7 rings (SSSR count). The Kier molecular flexibility index (Phi) is 6.99. The van der Waals surface area contributed by atoms with Crippen molar-refractivity contribution in [3.8, 4) is 28.3 Å². The first kappa shape index (κ1) is 27.0. The normalized spacial score (nSPS) is 16.7. The number of imidazole rings is 1. The summed E-state index contributed by atoms with van der Waals surface area (Å²) >= 11 is 0. The van der Waals surface area contributed by atoms with Crippen LogP contribution >= 0.6 is 0 Å². The highest BCUT2D eigenvalue weighted by Gasteiger charge is 2.46. The Labute approximate surface area is 251 Å². The number of nitrogen functional groups attached to an aromatic ring is 1. The molecular formula is C35H35N7O. The summed E-state index contributed by atoms with van der Waals surface area (Å²) in [7, 11) is 0. The zero-order valence-corrected chi connectivity index (χ0v) is 24.1. The van der Waals surface area contributed by atoms with Crippen LogP contribution < -0.4 is 11.1 Å². The van der Waals surface area contributed by atoms with Gasteiger partial charge in [-0.25, -0.2) is 15.0 Å². The number of carbonyl (C=O) groups excluding carboxylic acids is 1. The number of nitrogens with zero attached hydrogens (tertiary/aromatic N) is 5. The van der Waals surface area contributed by atoms with Gasteiger partial charge < -0.3 is 11.1 Å². The first-order chi connectivity index (χ1) is 21.0.